The highest BCUT2D eigenvalue weighted by atomic mass is 14.0. The minimum atomic E-state index is 1.12. The zero-order valence-corrected chi connectivity index (χ0v) is 10.3. The first-order valence-electron chi connectivity index (χ1n) is 6.21. The molecule has 0 unspecified atom stereocenters. The fourth-order valence-corrected chi connectivity index (χ4v) is 1.70. The predicted molar refractivity (Wildman–Crippen MR) is 71.1 cm³/mol. The lowest BCUT2D eigenvalue weighted by Crippen LogP contribution is -1.85. The lowest BCUT2D eigenvalue weighted by molar-refractivity contribution is 0.636. The summed E-state index contributed by atoms with van der Waals surface area (Å²) in [7, 11) is 0. The molecule has 0 heterocycles. The van der Waals surface area contributed by atoms with Crippen LogP contribution in [0.4, 0.5) is 0 Å². The first kappa shape index (κ1) is 14.2. The van der Waals surface area contributed by atoms with Gasteiger partial charge < -0.3 is 0 Å². The molecule has 0 N–H and O–H groups in total. The third kappa shape index (κ3) is 9.52. The zero-order chi connectivity index (χ0) is 11.4. The SMILES string of the molecule is C=CCCCCCCC(=CC)CCC=C. The molecule has 0 bridgehead atoms. The van der Waals surface area contributed by atoms with E-state index < -0.39 is 0 Å². The van der Waals surface area contributed by atoms with Gasteiger partial charge >= 0.3 is 0 Å². The van der Waals surface area contributed by atoms with E-state index in [2.05, 4.69) is 26.2 Å². The van der Waals surface area contributed by atoms with Crippen LogP contribution >= 0.6 is 0 Å². The predicted octanol–water partition coefficient (Wildman–Crippen LogP) is 5.43. The van der Waals surface area contributed by atoms with Gasteiger partial charge in [-0.3, -0.25) is 0 Å². The van der Waals surface area contributed by atoms with Crippen LogP contribution in [0.3, 0.4) is 0 Å². The lowest BCUT2D eigenvalue weighted by Gasteiger charge is -2.05. The van der Waals surface area contributed by atoms with Crippen molar-refractivity contribution in [3.63, 3.8) is 0 Å². The minimum Gasteiger partial charge on any atom is -0.103 e. The van der Waals surface area contributed by atoms with E-state index in [-0.39, 0.29) is 0 Å². The van der Waals surface area contributed by atoms with E-state index in [4.69, 9.17) is 0 Å². The zero-order valence-electron chi connectivity index (χ0n) is 10.3. The number of hydrogen-bond acceptors (Lipinski definition) is 0. The molecule has 0 aliphatic heterocycles. The Kier molecular flexibility index (Phi) is 10.7. The van der Waals surface area contributed by atoms with Gasteiger partial charge in [-0.1, -0.05) is 36.6 Å². The highest BCUT2D eigenvalue weighted by Gasteiger charge is 1.95. The highest BCUT2D eigenvalue weighted by molar-refractivity contribution is 5.01. The summed E-state index contributed by atoms with van der Waals surface area (Å²) in [6.45, 7) is 9.64. The van der Waals surface area contributed by atoms with Crippen LogP contribution < -0.4 is 0 Å². The van der Waals surface area contributed by atoms with E-state index in [0.717, 1.165) is 6.42 Å². The van der Waals surface area contributed by atoms with Crippen LogP contribution in [0, 0.1) is 0 Å². The monoisotopic (exact) mass is 206 g/mol. The summed E-state index contributed by atoms with van der Waals surface area (Å²) in [5.41, 5.74) is 1.60. The van der Waals surface area contributed by atoms with Crippen molar-refractivity contribution in [3.8, 4) is 0 Å². The van der Waals surface area contributed by atoms with Crippen molar-refractivity contribution in [1.82, 2.24) is 0 Å². The molecular formula is C15H26. The second kappa shape index (κ2) is 11.3. The summed E-state index contributed by atoms with van der Waals surface area (Å²) < 4.78 is 0. The second-order valence-corrected chi connectivity index (χ2v) is 4.02. The van der Waals surface area contributed by atoms with E-state index in [1.165, 1.54) is 44.9 Å². The first-order chi connectivity index (χ1) is 7.35. The number of allylic oxidation sites excluding steroid dienone is 4. The van der Waals surface area contributed by atoms with Gasteiger partial charge in [-0.2, -0.15) is 0 Å². The molecule has 0 radical (unpaired) electrons. The Balaban J connectivity index is 3.38. The Morgan fingerprint density at radius 1 is 0.867 bits per heavy atom. The summed E-state index contributed by atoms with van der Waals surface area (Å²) in [6.07, 6.45) is 16.4. The van der Waals surface area contributed by atoms with Crippen molar-refractivity contribution in [3.05, 3.63) is 37.0 Å². The Morgan fingerprint density at radius 2 is 1.53 bits per heavy atom. The molecule has 0 nitrogen and oxygen atoms in total. The van der Waals surface area contributed by atoms with Gasteiger partial charge in [0, 0.05) is 0 Å². The fourth-order valence-electron chi connectivity index (χ4n) is 1.70. The smallest absolute Gasteiger partial charge is 0.0286 e. The largest absolute Gasteiger partial charge is 0.103 e. The summed E-state index contributed by atoms with van der Waals surface area (Å²) >= 11 is 0. The van der Waals surface area contributed by atoms with Crippen molar-refractivity contribution in [2.45, 2.75) is 58.3 Å². The molecule has 0 spiro atoms. The number of unbranched alkanes of at least 4 members (excludes halogenated alkanes) is 4. The molecule has 0 aromatic heterocycles. The van der Waals surface area contributed by atoms with Crippen molar-refractivity contribution in [1.29, 1.82) is 0 Å². The molecular weight excluding hydrogens is 180 g/mol. The second-order valence-electron chi connectivity index (χ2n) is 4.02. The third-order valence-corrected chi connectivity index (χ3v) is 2.73. The van der Waals surface area contributed by atoms with E-state index >= 15 is 0 Å². The van der Waals surface area contributed by atoms with E-state index in [0.29, 0.717) is 0 Å². The van der Waals surface area contributed by atoms with Gasteiger partial charge in [-0.25, -0.2) is 0 Å². The number of hydrogen-bond donors (Lipinski definition) is 0. The fraction of sp³-hybridized carbons (Fsp3) is 0.600. The average Bonchev–Trinajstić information content (AvgIpc) is 2.27. The van der Waals surface area contributed by atoms with E-state index in [9.17, 15) is 0 Å². The van der Waals surface area contributed by atoms with Gasteiger partial charge in [0.1, 0.15) is 0 Å². The molecule has 0 rings (SSSR count). The van der Waals surface area contributed by atoms with Crippen LogP contribution in [-0.2, 0) is 0 Å². The average molecular weight is 206 g/mol. The molecule has 86 valence electrons. The maximum Gasteiger partial charge on any atom is -0.0286 e. The van der Waals surface area contributed by atoms with E-state index in [1.54, 1.807) is 5.57 Å². The van der Waals surface area contributed by atoms with Crippen LogP contribution in [0.5, 0.6) is 0 Å². The summed E-state index contributed by atoms with van der Waals surface area (Å²) in [4.78, 5) is 0. The van der Waals surface area contributed by atoms with Crippen LogP contribution in [0.25, 0.3) is 0 Å². The minimum absolute atomic E-state index is 1.12. The van der Waals surface area contributed by atoms with Gasteiger partial charge in [0.2, 0.25) is 0 Å². The molecule has 0 saturated heterocycles. The Hall–Kier alpha value is -0.780. The molecule has 0 aromatic carbocycles. The Morgan fingerprint density at radius 3 is 2.13 bits per heavy atom. The quantitative estimate of drug-likeness (QED) is 0.330. The Bertz CT molecular complexity index is 186. The summed E-state index contributed by atoms with van der Waals surface area (Å²) in [6, 6.07) is 0. The summed E-state index contributed by atoms with van der Waals surface area (Å²) in [5, 5.41) is 0. The Labute approximate surface area is 95.8 Å². The third-order valence-electron chi connectivity index (χ3n) is 2.73. The van der Waals surface area contributed by atoms with Crippen molar-refractivity contribution in [2.24, 2.45) is 0 Å². The van der Waals surface area contributed by atoms with Crippen LogP contribution in [-0.4, -0.2) is 0 Å². The van der Waals surface area contributed by atoms with Gasteiger partial charge in [0.15, 0.2) is 0 Å². The molecule has 0 aliphatic carbocycles. The maximum atomic E-state index is 3.76. The normalized spacial score (nSPS) is 11.4. The molecule has 0 aromatic rings. The molecule has 0 aliphatic rings. The van der Waals surface area contributed by atoms with Crippen molar-refractivity contribution >= 4 is 0 Å². The van der Waals surface area contributed by atoms with Crippen LogP contribution in [0.15, 0.2) is 37.0 Å². The first-order valence-corrected chi connectivity index (χ1v) is 6.21. The summed E-state index contributed by atoms with van der Waals surface area (Å²) in [5.74, 6) is 0. The van der Waals surface area contributed by atoms with E-state index in [1.807, 2.05) is 12.2 Å². The lowest BCUT2D eigenvalue weighted by atomic mass is 10.0. The molecule has 0 heteroatoms. The maximum absolute atomic E-state index is 3.76. The van der Waals surface area contributed by atoms with Gasteiger partial charge in [-0.05, 0) is 45.4 Å². The van der Waals surface area contributed by atoms with Crippen LogP contribution in [0.1, 0.15) is 58.3 Å². The standard InChI is InChI=1S/C15H26/c1-4-7-9-10-11-12-14-15(6-3)13-8-5-2/h4-6H,1-2,7-14H2,3H3. The van der Waals surface area contributed by atoms with Crippen molar-refractivity contribution < 1.29 is 0 Å². The molecule has 0 fully saturated rings. The van der Waals surface area contributed by atoms with Gasteiger partial charge in [-0.15, -0.1) is 13.2 Å². The number of rotatable bonds is 10. The van der Waals surface area contributed by atoms with Gasteiger partial charge in [0.05, 0.1) is 0 Å². The van der Waals surface area contributed by atoms with Gasteiger partial charge in [0.25, 0.3) is 0 Å². The van der Waals surface area contributed by atoms with Crippen LogP contribution in [0.2, 0.25) is 0 Å². The molecule has 0 atom stereocenters. The highest BCUT2D eigenvalue weighted by Crippen LogP contribution is 2.15. The van der Waals surface area contributed by atoms with Crippen molar-refractivity contribution in [2.75, 3.05) is 0 Å². The molecule has 0 saturated carbocycles. The topological polar surface area (TPSA) is 0 Å². The molecule has 15 heavy (non-hydrogen) atoms. The molecule has 0 amide bonds.